The van der Waals surface area contributed by atoms with Crippen LogP contribution >= 0.6 is 0 Å². The van der Waals surface area contributed by atoms with Crippen LogP contribution in [0.2, 0.25) is 0 Å². The molecule has 2 N–H and O–H groups in total. The van der Waals surface area contributed by atoms with Gasteiger partial charge in [0.15, 0.2) is 0 Å². The highest BCUT2D eigenvalue weighted by Gasteiger charge is 2.13. The van der Waals surface area contributed by atoms with E-state index >= 15 is 0 Å². The summed E-state index contributed by atoms with van der Waals surface area (Å²) in [6.07, 6.45) is 2.98. The van der Waals surface area contributed by atoms with Gasteiger partial charge in [0.25, 0.3) is 0 Å². The maximum atomic E-state index is 8.71. The highest BCUT2D eigenvalue weighted by atomic mass is 16.5. The second-order valence-corrected chi connectivity index (χ2v) is 5.42. The van der Waals surface area contributed by atoms with Crippen molar-refractivity contribution in [1.82, 2.24) is 0 Å². The Hall–Kier alpha value is -1.22. The van der Waals surface area contributed by atoms with Crippen LogP contribution in [0.5, 0.6) is 5.75 Å². The van der Waals surface area contributed by atoms with Crippen molar-refractivity contribution in [1.29, 1.82) is 0 Å². The molecule has 3 heteroatoms. The standard InChI is InChI=1S/C15H25NO2/c1-15(2,3)18-14-10-6-5-9-13(14)16-11-7-4-8-12-17/h5-6,9-10,16-17H,4,7-8,11-12H2,1-3H3. The molecular weight excluding hydrogens is 226 g/mol. The van der Waals surface area contributed by atoms with Gasteiger partial charge in [-0.2, -0.15) is 0 Å². The predicted molar refractivity (Wildman–Crippen MR) is 76.2 cm³/mol. The zero-order chi connectivity index (χ0) is 13.4. The van der Waals surface area contributed by atoms with Crippen LogP contribution in [0.25, 0.3) is 0 Å². The monoisotopic (exact) mass is 251 g/mol. The number of para-hydroxylation sites is 2. The summed E-state index contributed by atoms with van der Waals surface area (Å²) in [7, 11) is 0. The zero-order valence-electron chi connectivity index (χ0n) is 11.7. The lowest BCUT2D eigenvalue weighted by Crippen LogP contribution is -2.23. The van der Waals surface area contributed by atoms with E-state index in [1.807, 2.05) is 45.0 Å². The Kier molecular flexibility index (Phi) is 5.99. The molecule has 3 nitrogen and oxygen atoms in total. The first-order chi connectivity index (χ1) is 8.53. The third kappa shape index (κ3) is 5.92. The van der Waals surface area contributed by atoms with E-state index in [2.05, 4.69) is 5.32 Å². The number of ether oxygens (including phenoxy) is 1. The maximum Gasteiger partial charge on any atom is 0.143 e. The molecule has 1 rings (SSSR count). The second-order valence-electron chi connectivity index (χ2n) is 5.42. The molecule has 0 aromatic heterocycles. The number of nitrogens with one attached hydrogen (secondary N) is 1. The molecule has 0 saturated heterocycles. The molecule has 0 saturated carbocycles. The number of hydrogen-bond acceptors (Lipinski definition) is 3. The normalized spacial score (nSPS) is 11.3. The zero-order valence-corrected chi connectivity index (χ0v) is 11.7. The van der Waals surface area contributed by atoms with Crippen LogP contribution in [-0.4, -0.2) is 23.9 Å². The molecule has 0 fully saturated rings. The summed E-state index contributed by atoms with van der Waals surface area (Å²) >= 11 is 0. The van der Waals surface area contributed by atoms with Gasteiger partial charge in [-0.05, 0) is 52.2 Å². The molecule has 0 aliphatic heterocycles. The van der Waals surface area contributed by atoms with Crippen molar-refractivity contribution < 1.29 is 9.84 Å². The molecule has 0 spiro atoms. The minimum Gasteiger partial charge on any atom is -0.486 e. The molecule has 1 aromatic rings. The average Bonchev–Trinajstić information content (AvgIpc) is 2.29. The summed E-state index contributed by atoms with van der Waals surface area (Å²) in [4.78, 5) is 0. The molecule has 0 bridgehead atoms. The molecule has 1 aromatic carbocycles. The van der Waals surface area contributed by atoms with Crippen LogP contribution < -0.4 is 10.1 Å². The van der Waals surface area contributed by atoms with Crippen LogP contribution in [0.4, 0.5) is 5.69 Å². The van der Waals surface area contributed by atoms with Crippen molar-refractivity contribution in [3.05, 3.63) is 24.3 Å². The van der Waals surface area contributed by atoms with Crippen LogP contribution in [0.3, 0.4) is 0 Å². The Labute approximate surface area is 110 Å². The second kappa shape index (κ2) is 7.27. The Morgan fingerprint density at radius 3 is 2.50 bits per heavy atom. The summed E-state index contributed by atoms with van der Waals surface area (Å²) in [6, 6.07) is 8.01. The van der Waals surface area contributed by atoms with E-state index in [4.69, 9.17) is 9.84 Å². The molecule has 0 heterocycles. The first-order valence-corrected chi connectivity index (χ1v) is 6.66. The lowest BCUT2D eigenvalue weighted by molar-refractivity contribution is 0.132. The Morgan fingerprint density at radius 2 is 1.83 bits per heavy atom. The van der Waals surface area contributed by atoms with Crippen LogP contribution in [0.1, 0.15) is 40.0 Å². The van der Waals surface area contributed by atoms with Gasteiger partial charge in [0, 0.05) is 13.2 Å². The van der Waals surface area contributed by atoms with Gasteiger partial charge >= 0.3 is 0 Å². The average molecular weight is 251 g/mol. The fourth-order valence-electron chi connectivity index (χ4n) is 1.67. The fourth-order valence-corrected chi connectivity index (χ4v) is 1.67. The number of aliphatic hydroxyl groups excluding tert-OH is 1. The highest BCUT2D eigenvalue weighted by Crippen LogP contribution is 2.27. The number of aliphatic hydroxyl groups is 1. The number of rotatable bonds is 7. The summed E-state index contributed by atoms with van der Waals surface area (Å²) in [5.41, 5.74) is 0.853. The third-order valence-electron chi connectivity index (χ3n) is 2.45. The van der Waals surface area contributed by atoms with Crippen molar-refractivity contribution in [2.24, 2.45) is 0 Å². The molecule has 0 aliphatic rings. The Morgan fingerprint density at radius 1 is 1.11 bits per heavy atom. The van der Waals surface area contributed by atoms with E-state index in [0.29, 0.717) is 0 Å². The number of anilines is 1. The summed E-state index contributed by atoms with van der Waals surface area (Å²) in [6.45, 7) is 7.33. The van der Waals surface area contributed by atoms with Crippen molar-refractivity contribution in [2.45, 2.75) is 45.6 Å². The topological polar surface area (TPSA) is 41.5 Å². The quantitative estimate of drug-likeness (QED) is 0.729. The molecular formula is C15H25NO2. The van der Waals surface area contributed by atoms with Gasteiger partial charge in [0.1, 0.15) is 11.4 Å². The Bertz CT molecular complexity index is 345. The summed E-state index contributed by atoms with van der Waals surface area (Å²) in [5, 5.41) is 12.1. The van der Waals surface area contributed by atoms with Gasteiger partial charge in [-0.15, -0.1) is 0 Å². The van der Waals surface area contributed by atoms with E-state index in [9.17, 15) is 0 Å². The summed E-state index contributed by atoms with van der Waals surface area (Å²) < 4.78 is 5.91. The molecule has 0 unspecified atom stereocenters. The molecule has 102 valence electrons. The summed E-state index contributed by atoms with van der Waals surface area (Å²) in [5.74, 6) is 0.896. The molecule has 0 atom stereocenters. The highest BCUT2D eigenvalue weighted by molar-refractivity contribution is 5.56. The molecule has 0 radical (unpaired) electrons. The van der Waals surface area contributed by atoms with Crippen molar-refractivity contribution in [3.8, 4) is 5.75 Å². The largest absolute Gasteiger partial charge is 0.486 e. The van der Waals surface area contributed by atoms with Crippen molar-refractivity contribution in [3.63, 3.8) is 0 Å². The molecule has 0 amide bonds. The van der Waals surface area contributed by atoms with E-state index in [0.717, 1.165) is 37.2 Å². The minimum absolute atomic E-state index is 0.186. The van der Waals surface area contributed by atoms with Gasteiger partial charge in [0.2, 0.25) is 0 Å². The van der Waals surface area contributed by atoms with Crippen molar-refractivity contribution in [2.75, 3.05) is 18.5 Å². The number of benzene rings is 1. The lowest BCUT2D eigenvalue weighted by atomic mass is 10.2. The SMILES string of the molecule is CC(C)(C)Oc1ccccc1NCCCCCO. The molecule has 18 heavy (non-hydrogen) atoms. The maximum absolute atomic E-state index is 8.71. The fraction of sp³-hybridized carbons (Fsp3) is 0.600. The van der Waals surface area contributed by atoms with Crippen molar-refractivity contribution >= 4 is 5.69 Å². The van der Waals surface area contributed by atoms with Crippen LogP contribution in [0.15, 0.2) is 24.3 Å². The van der Waals surface area contributed by atoms with E-state index in [1.54, 1.807) is 0 Å². The Balaban J connectivity index is 2.49. The van der Waals surface area contributed by atoms with Gasteiger partial charge in [-0.1, -0.05) is 12.1 Å². The number of unbranched alkanes of at least 4 members (excludes halogenated alkanes) is 2. The third-order valence-corrected chi connectivity index (χ3v) is 2.45. The van der Waals surface area contributed by atoms with E-state index in [1.165, 1.54) is 0 Å². The lowest BCUT2D eigenvalue weighted by Gasteiger charge is -2.23. The minimum atomic E-state index is -0.186. The molecule has 0 aliphatic carbocycles. The first-order valence-electron chi connectivity index (χ1n) is 6.66. The van der Waals surface area contributed by atoms with Gasteiger partial charge in [-0.3, -0.25) is 0 Å². The van der Waals surface area contributed by atoms with Gasteiger partial charge in [-0.25, -0.2) is 0 Å². The predicted octanol–water partition coefficient (Wildman–Crippen LogP) is 3.44. The smallest absolute Gasteiger partial charge is 0.143 e. The van der Waals surface area contributed by atoms with Gasteiger partial charge < -0.3 is 15.2 Å². The number of hydrogen-bond donors (Lipinski definition) is 2. The van der Waals surface area contributed by atoms with Gasteiger partial charge in [0.05, 0.1) is 5.69 Å². The van der Waals surface area contributed by atoms with E-state index < -0.39 is 0 Å². The van der Waals surface area contributed by atoms with Crippen LogP contribution in [-0.2, 0) is 0 Å². The first kappa shape index (κ1) is 14.8. The van der Waals surface area contributed by atoms with Crippen LogP contribution in [0, 0.1) is 0 Å². The van der Waals surface area contributed by atoms with E-state index in [-0.39, 0.29) is 12.2 Å².